The van der Waals surface area contributed by atoms with Gasteiger partial charge in [0.1, 0.15) is 17.4 Å². The van der Waals surface area contributed by atoms with Crippen LogP contribution in [0.25, 0.3) is 33.3 Å². The van der Waals surface area contributed by atoms with Crippen molar-refractivity contribution < 1.29 is 9.47 Å². The van der Waals surface area contributed by atoms with Crippen LogP contribution >= 0.6 is 0 Å². The van der Waals surface area contributed by atoms with Crippen LogP contribution in [-0.2, 0) is 0 Å². The number of nitrogens with one attached hydrogen (secondary N) is 1. The number of para-hydroxylation sites is 1. The number of nitriles is 1. The first-order valence-corrected chi connectivity index (χ1v) is 8.45. The predicted molar refractivity (Wildman–Crippen MR) is 105 cm³/mol. The molecule has 0 saturated carbocycles. The molecule has 0 amide bonds. The minimum Gasteiger partial charge on any atom is -0.496 e. The summed E-state index contributed by atoms with van der Waals surface area (Å²) in [5.74, 6) is 1.01. The van der Waals surface area contributed by atoms with Gasteiger partial charge in [0, 0.05) is 22.8 Å². The Hall–Kier alpha value is -3.78. The number of rotatable bonds is 4. The summed E-state index contributed by atoms with van der Waals surface area (Å²) in [6.07, 6.45) is 1.90. The lowest BCUT2D eigenvalue weighted by Crippen LogP contribution is -1.98. The Labute approximate surface area is 156 Å². The van der Waals surface area contributed by atoms with Gasteiger partial charge in [0.25, 0.3) is 0 Å². The molecule has 2 aromatic carbocycles. The van der Waals surface area contributed by atoms with Crippen LogP contribution in [0.1, 0.15) is 5.56 Å². The van der Waals surface area contributed by atoms with E-state index in [1.165, 1.54) is 7.11 Å². The quantitative estimate of drug-likeness (QED) is 0.571. The summed E-state index contributed by atoms with van der Waals surface area (Å²) in [4.78, 5) is 7.73. The zero-order chi connectivity index (χ0) is 18.8. The highest BCUT2D eigenvalue weighted by molar-refractivity contribution is 5.88. The van der Waals surface area contributed by atoms with Gasteiger partial charge in [-0.2, -0.15) is 5.26 Å². The van der Waals surface area contributed by atoms with Gasteiger partial charge in [0.15, 0.2) is 0 Å². The molecule has 0 radical (unpaired) electrons. The molecular formula is C22H17N3O2. The maximum Gasteiger partial charge on any atom is 0.232 e. The molecule has 0 spiro atoms. The lowest BCUT2D eigenvalue weighted by Gasteiger charge is -2.13. The van der Waals surface area contributed by atoms with Gasteiger partial charge in [-0.05, 0) is 47.3 Å². The highest BCUT2D eigenvalue weighted by Gasteiger charge is 2.18. The maximum absolute atomic E-state index is 9.73. The Morgan fingerprint density at radius 3 is 2.59 bits per heavy atom. The van der Waals surface area contributed by atoms with Crippen LogP contribution < -0.4 is 9.47 Å². The molecular weight excluding hydrogens is 338 g/mol. The molecule has 2 heterocycles. The monoisotopic (exact) mass is 355 g/mol. The number of methoxy groups -OCH3 is 2. The number of hydrogen-bond donors (Lipinski definition) is 1. The maximum atomic E-state index is 9.73. The van der Waals surface area contributed by atoms with E-state index in [0.717, 1.165) is 27.6 Å². The number of H-pyrrole nitrogens is 1. The molecule has 0 aliphatic rings. The van der Waals surface area contributed by atoms with Crippen LogP contribution in [0.3, 0.4) is 0 Å². The van der Waals surface area contributed by atoms with E-state index in [9.17, 15) is 5.26 Å². The van der Waals surface area contributed by atoms with Gasteiger partial charge in [-0.15, -0.1) is 0 Å². The van der Waals surface area contributed by atoms with E-state index in [-0.39, 0.29) is 0 Å². The smallest absolute Gasteiger partial charge is 0.232 e. The minimum absolute atomic E-state index is 0.296. The van der Waals surface area contributed by atoms with Gasteiger partial charge in [0.05, 0.1) is 19.9 Å². The first-order chi connectivity index (χ1) is 13.2. The van der Waals surface area contributed by atoms with Crippen LogP contribution in [0.4, 0.5) is 0 Å². The molecule has 4 aromatic rings. The summed E-state index contributed by atoms with van der Waals surface area (Å²) in [6.45, 7) is 0. The van der Waals surface area contributed by atoms with Crippen molar-refractivity contribution >= 4 is 10.9 Å². The molecule has 0 atom stereocenters. The normalized spacial score (nSPS) is 10.6. The number of benzene rings is 2. The lowest BCUT2D eigenvalue weighted by atomic mass is 9.97. The largest absolute Gasteiger partial charge is 0.496 e. The third kappa shape index (κ3) is 2.87. The average molecular weight is 355 g/mol. The number of nitrogens with zero attached hydrogens (tertiary/aromatic N) is 2. The Morgan fingerprint density at radius 2 is 1.81 bits per heavy atom. The summed E-state index contributed by atoms with van der Waals surface area (Å²) in [7, 11) is 3.15. The van der Waals surface area contributed by atoms with Gasteiger partial charge in [0.2, 0.25) is 5.88 Å². The Morgan fingerprint density at radius 1 is 0.963 bits per heavy atom. The molecule has 0 saturated heterocycles. The summed E-state index contributed by atoms with van der Waals surface area (Å²) in [5.41, 5.74) is 4.68. The highest BCUT2D eigenvalue weighted by Crippen LogP contribution is 2.37. The van der Waals surface area contributed by atoms with Crippen molar-refractivity contribution in [1.82, 2.24) is 9.97 Å². The number of hydrogen-bond acceptors (Lipinski definition) is 4. The highest BCUT2D eigenvalue weighted by atomic mass is 16.5. The number of ether oxygens (including phenoxy) is 2. The molecule has 0 bridgehead atoms. The molecule has 4 rings (SSSR count). The number of aromatic amines is 1. The summed E-state index contributed by atoms with van der Waals surface area (Å²) >= 11 is 0. The number of fused-ring (bicyclic) bond motifs is 1. The van der Waals surface area contributed by atoms with E-state index in [0.29, 0.717) is 22.9 Å². The van der Waals surface area contributed by atoms with Crippen molar-refractivity contribution in [3.05, 3.63) is 66.4 Å². The van der Waals surface area contributed by atoms with Crippen molar-refractivity contribution in [2.75, 3.05) is 14.2 Å². The fourth-order valence-corrected chi connectivity index (χ4v) is 3.22. The van der Waals surface area contributed by atoms with E-state index < -0.39 is 0 Å². The molecule has 0 fully saturated rings. The fraction of sp³-hybridized carbons (Fsp3) is 0.0909. The second kappa shape index (κ2) is 6.85. The van der Waals surface area contributed by atoms with Crippen molar-refractivity contribution in [1.29, 1.82) is 5.26 Å². The van der Waals surface area contributed by atoms with Gasteiger partial charge < -0.3 is 14.5 Å². The summed E-state index contributed by atoms with van der Waals surface area (Å²) in [5, 5.41) is 10.8. The molecule has 0 aliphatic heterocycles. The first-order valence-electron chi connectivity index (χ1n) is 8.45. The molecule has 5 nitrogen and oxygen atoms in total. The average Bonchev–Trinajstić information content (AvgIpc) is 3.20. The van der Waals surface area contributed by atoms with Gasteiger partial charge in [-0.3, -0.25) is 0 Å². The number of pyridine rings is 1. The van der Waals surface area contributed by atoms with Crippen molar-refractivity contribution in [2.45, 2.75) is 0 Å². The molecule has 5 heteroatoms. The Balaban J connectivity index is 1.98. The third-order valence-corrected chi connectivity index (χ3v) is 4.54. The zero-order valence-electron chi connectivity index (χ0n) is 15.0. The van der Waals surface area contributed by atoms with E-state index in [1.54, 1.807) is 7.11 Å². The summed E-state index contributed by atoms with van der Waals surface area (Å²) < 4.78 is 10.9. The van der Waals surface area contributed by atoms with Crippen molar-refractivity contribution in [2.24, 2.45) is 0 Å². The predicted octanol–water partition coefficient (Wildman–Crippen LogP) is 4.79. The van der Waals surface area contributed by atoms with E-state index in [1.807, 2.05) is 60.8 Å². The van der Waals surface area contributed by atoms with E-state index in [4.69, 9.17) is 9.47 Å². The van der Waals surface area contributed by atoms with Gasteiger partial charge >= 0.3 is 0 Å². The fourth-order valence-electron chi connectivity index (χ4n) is 3.22. The van der Waals surface area contributed by atoms with E-state index >= 15 is 0 Å². The van der Waals surface area contributed by atoms with E-state index in [2.05, 4.69) is 16.0 Å². The second-order valence-electron chi connectivity index (χ2n) is 6.03. The van der Waals surface area contributed by atoms with Gasteiger partial charge in [-0.1, -0.05) is 18.2 Å². The zero-order valence-corrected chi connectivity index (χ0v) is 15.0. The van der Waals surface area contributed by atoms with Crippen molar-refractivity contribution in [3.63, 3.8) is 0 Å². The number of aromatic nitrogens is 2. The third-order valence-electron chi connectivity index (χ3n) is 4.54. The molecule has 27 heavy (non-hydrogen) atoms. The Bertz CT molecular complexity index is 1170. The minimum atomic E-state index is 0.296. The molecule has 1 N–H and O–H groups in total. The Kier molecular flexibility index (Phi) is 4.23. The van der Waals surface area contributed by atoms with Crippen LogP contribution in [-0.4, -0.2) is 24.2 Å². The first kappa shape index (κ1) is 16.7. The van der Waals surface area contributed by atoms with Crippen LogP contribution in [0, 0.1) is 11.3 Å². The summed E-state index contributed by atoms with van der Waals surface area (Å²) in [6, 6.07) is 19.8. The van der Waals surface area contributed by atoms with Crippen molar-refractivity contribution in [3.8, 4) is 40.1 Å². The standard InChI is InChI=1S/C22H17N3O2/c1-26-21-6-4-3-5-16(21)20-12-17(18(13-23)22(25-20)27-2)14-7-8-19-15(11-14)9-10-24-19/h3-12,24H,1-2H3. The molecule has 0 aliphatic carbocycles. The SMILES string of the molecule is COc1ccccc1-c1cc(-c2ccc3[nH]ccc3c2)c(C#N)c(OC)n1. The lowest BCUT2D eigenvalue weighted by molar-refractivity contribution is 0.397. The molecule has 2 aromatic heterocycles. The topological polar surface area (TPSA) is 70.9 Å². The van der Waals surface area contributed by atoms with Crippen LogP contribution in [0.5, 0.6) is 11.6 Å². The second-order valence-corrected chi connectivity index (χ2v) is 6.03. The van der Waals surface area contributed by atoms with Crippen LogP contribution in [0.2, 0.25) is 0 Å². The van der Waals surface area contributed by atoms with Crippen LogP contribution in [0.15, 0.2) is 60.8 Å². The molecule has 0 unspecified atom stereocenters. The molecule has 132 valence electrons. The van der Waals surface area contributed by atoms with Gasteiger partial charge in [-0.25, -0.2) is 4.98 Å².